The third-order valence-corrected chi connectivity index (χ3v) is 8.69. The number of likely N-dealkylation sites (tertiary alicyclic amines) is 1. The van der Waals surface area contributed by atoms with E-state index in [1.165, 1.54) is 5.56 Å². The Hall–Kier alpha value is -4.88. The van der Waals surface area contributed by atoms with E-state index < -0.39 is 0 Å². The molecule has 8 rings (SSSR count). The zero-order valence-electron chi connectivity index (χ0n) is 23.2. The van der Waals surface area contributed by atoms with E-state index in [9.17, 15) is 4.79 Å². The van der Waals surface area contributed by atoms with Crippen LogP contribution in [0.15, 0.2) is 97.2 Å². The summed E-state index contributed by atoms with van der Waals surface area (Å²) in [4.78, 5) is 27.5. The maximum absolute atomic E-state index is 12.8. The molecular weight excluding hydrogens is 520 g/mol. The monoisotopic (exact) mass is 550 g/mol. The molecule has 1 fully saturated rings. The highest BCUT2D eigenvalue weighted by atomic mass is 16.2. The Balaban J connectivity index is 1.02. The normalized spacial score (nSPS) is 16.0. The first-order chi connectivity index (χ1) is 20.7. The molecule has 6 aromatic rings. The van der Waals surface area contributed by atoms with Gasteiger partial charge in [0.15, 0.2) is 0 Å². The van der Waals surface area contributed by atoms with Crippen LogP contribution in [0.3, 0.4) is 0 Å². The lowest BCUT2D eigenvalue weighted by molar-refractivity contribution is -0.118. The van der Waals surface area contributed by atoms with E-state index >= 15 is 0 Å². The molecule has 2 aliphatic rings. The van der Waals surface area contributed by atoms with Gasteiger partial charge in [-0.1, -0.05) is 72.8 Å². The summed E-state index contributed by atoms with van der Waals surface area (Å²) in [6.45, 7) is 2.86. The molecule has 0 bridgehead atoms. The molecule has 0 atom stereocenters. The fraction of sp³-hybridized carbons (Fsp3) is 0.200. The van der Waals surface area contributed by atoms with E-state index in [1.54, 1.807) is 0 Å². The largest absolute Gasteiger partial charge is 0.309 e. The molecule has 0 aliphatic carbocycles. The molecule has 1 N–H and O–H groups in total. The number of anilines is 1. The number of benzene rings is 4. The average Bonchev–Trinajstić information content (AvgIpc) is 3.63. The molecule has 4 heterocycles. The fourth-order valence-electron chi connectivity index (χ4n) is 6.53. The van der Waals surface area contributed by atoms with Gasteiger partial charge < -0.3 is 4.90 Å². The predicted octanol–water partition coefficient (Wildman–Crippen LogP) is 6.39. The molecule has 2 aromatic heterocycles. The van der Waals surface area contributed by atoms with Crippen LogP contribution in [0.2, 0.25) is 0 Å². The first-order valence-corrected chi connectivity index (χ1v) is 14.6. The minimum absolute atomic E-state index is 0.242. The van der Waals surface area contributed by atoms with Gasteiger partial charge in [-0.25, -0.2) is 9.97 Å². The van der Waals surface area contributed by atoms with Crippen molar-refractivity contribution in [3.8, 4) is 22.5 Å². The summed E-state index contributed by atoms with van der Waals surface area (Å²) in [5.41, 5.74) is 10.0. The number of carbonyl (C=O) groups is 1. The zero-order chi connectivity index (χ0) is 28.0. The lowest BCUT2D eigenvalue weighted by atomic mass is 10.0. The number of nitrogens with one attached hydrogen (secondary N) is 1. The Morgan fingerprint density at radius 3 is 2.26 bits per heavy atom. The number of H-pyrrole nitrogens is 1. The van der Waals surface area contributed by atoms with E-state index in [4.69, 9.17) is 9.97 Å². The Bertz CT molecular complexity index is 1920. The number of rotatable bonds is 5. The highest BCUT2D eigenvalue weighted by molar-refractivity contribution is 6.02. The standard InChI is InChI=1S/C35H30N6O/c42-33-19-26-8-4-5-9-32(26)41(33)28-14-16-40(17-15-28)22-23-10-12-25(13-11-23)35-34(24-6-2-1-3-7-24)38-31-20-29-27(21-36-39-29)18-30(31)37-35/h1-13,18,20-21,28H,14-17,19,22H2,(H,36,39). The Labute approximate surface area is 243 Å². The first-order valence-electron chi connectivity index (χ1n) is 14.6. The number of fused-ring (bicyclic) bond motifs is 3. The predicted molar refractivity (Wildman–Crippen MR) is 166 cm³/mol. The number of hydrogen-bond acceptors (Lipinski definition) is 5. The molecule has 7 heteroatoms. The number of para-hydroxylation sites is 1. The van der Waals surface area contributed by atoms with Gasteiger partial charge in [-0.15, -0.1) is 0 Å². The number of carbonyl (C=O) groups excluding carboxylic acids is 1. The van der Waals surface area contributed by atoms with Gasteiger partial charge in [-0.05, 0) is 42.2 Å². The molecule has 0 spiro atoms. The van der Waals surface area contributed by atoms with E-state index in [0.717, 1.165) is 88.2 Å². The smallest absolute Gasteiger partial charge is 0.231 e. The van der Waals surface area contributed by atoms with Crippen LogP contribution in [0.5, 0.6) is 0 Å². The molecule has 2 aliphatic heterocycles. The van der Waals surface area contributed by atoms with Crippen molar-refractivity contribution in [3.63, 3.8) is 0 Å². The second-order valence-corrected chi connectivity index (χ2v) is 11.4. The van der Waals surface area contributed by atoms with Gasteiger partial charge in [0.2, 0.25) is 5.91 Å². The van der Waals surface area contributed by atoms with Gasteiger partial charge in [0.25, 0.3) is 0 Å². The van der Waals surface area contributed by atoms with E-state index in [-0.39, 0.29) is 11.9 Å². The topological polar surface area (TPSA) is 78.0 Å². The van der Waals surface area contributed by atoms with Gasteiger partial charge in [-0.2, -0.15) is 5.10 Å². The van der Waals surface area contributed by atoms with Crippen LogP contribution in [0.4, 0.5) is 5.69 Å². The van der Waals surface area contributed by atoms with Gasteiger partial charge in [0, 0.05) is 47.9 Å². The molecule has 4 aromatic carbocycles. The van der Waals surface area contributed by atoms with Crippen LogP contribution >= 0.6 is 0 Å². The second-order valence-electron chi connectivity index (χ2n) is 11.4. The minimum atomic E-state index is 0.242. The van der Waals surface area contributed by atoms with E-state index in [1.807, 2.05) is 48.7 Å². The second kappa shape index (κ2) is 10.2. The highest BCUT2D eigenvalue weighted by Gasteiger charge is 2.34. The molecular formula is C35H30N6O. The number of amides is 1. The SMILES string of the molecule is O=C1Cc2ccccc2N1C1CCN(Cc2ccc(-c3nc4cc5cn[nH]c5cc4nc3-c3ccccc3)cc2)CC1. The summed E-state index contributed by atoms with van der Waals surface area (Å²) in [5, 5.41) is 8.24. The van der Waals surface area contributed by atoms with Crippen molar-refractivity contribution in [1.82, 2.24) is 25.1 Å². The van der Waals surface area contributed by atoms with Gasteiger partial charge in [0.05, 0.1) is 40.6 Å². The van der Waals surface area contributed by atoms with Crippen LogP contribution in [0, 0.1) is 0 Å². The van der Waals surface area contributed by atoms with Crippen LogP contribution in [-0.4, -0.2) is 50.1 Å². The Kier molecular flexibility index (Phi) is 6.04. The summed E-state index contributed by atoms with van der Waals surface area (Å²) >= 11 is 0. The number of aromatic amines is 1. The molecule has 0 unspecified atom stereocenters. The minimum Gasteiger partial charge on any atom is -0.309 e. The summed E-state index contributed by atoms with van der Waals surface area (Å²) < 4.78 is 0. The Morgan fingerprint density at radius 2 is 1.48 bits per heavy atom. The average molecular weight is 551 g/mol. The number of nitrogens with zero attached hydrogens (tertiary/aromatic N) is 5. The summed E-state index contributed by atoms with van der Waals surface area (Å²) in [6.07, 6.45) is 4.34. The highest BCUT2D eigenvalue weighted by Crippen LogP contribution is 2.34. The van der Waals surface area contributed by atoms with Gasteiger partial charge in [-0.3, -0.25) is 14.8 Å². The van der Waals surface area contributed by atoms with Crippen LogP contribution < -0.4 is 4.90 Å². The molecule has 7 nitrogen and oxygen atoms in total. The van der Waals surface area contributed by atoms with Crippen molar-refractivity contribution < 1.29 is 4.79 Å². The van der Waals surface area contributed by atoms with Crippen LogP contribution in [0.1, 0.15) is 24.0 Å². The van der Waals surface area contributed by atoms with Gasteiger partial charge >= 0.3 is 0 Å². The lowest BCUT2D eigenvalue weighted by Gasteiger charge is -2.37. The van der Waals surface area contributed by atoms with Crippen molar-refractivity contribution in [2.45, 2.75) is 31.8 Å². The molecule has 0 radical (unpaired) electrons. The summed E-state index contributed by atoms with van der Waals surface area (Å²) in [5.74, 6) is 0.242. The van der Waals surface area contributed by atoms with Crippen molar-refractivity contribution in [1.29, 1.82) is 0 Å². The molecule has 42 heavy (non-hydrogen) atoms. The molecule has 1 saturated heterocycles. The third kappa shape index (κ3) is 4.43. The maximum atomic E-state index is 12.8. The van der Waals surface area contributed by atoms with Gasteiger partial charge in [0.1, 0.15) is 0 Å². The van der Waals surface area contributed by atoms with Crippen molar-refractivity contribution in [2.75, 3.05) is 18.0 Å². The molecule has 206 valence electrons. The fourth-order valence-corrected chi connectivity index (χ4v) is 6.53. The van der Waals surface area contributed by atoms with Crippen molar-refractivity contribution in [2.24, 2.45) is 0 Å². The zero-order valence-corrected chi connectivity index (χ0v) is 23.2. The van der Waals surface area contributed by atoms with Crippen molar-refractivity contribution in [3.05, 3.63) is 108 Å². The first kappa shape index (κ1) is 24.9. The summed E-state index contributed by atoms with van der Waals surface area (Å²) in [7, 11) is 0. The Morgan fingerprint density at radius 1 is 0.786 bits per heavy atom. The number of aromatic nitrogens is 4. The molecule has 0 saturated carbocycles. The van der Waals surface area contributed by atoms with E-state index in [0.29, 0.717) is 6.42 Å². The van der Waals surface area contributed by atoms with Crippen LogP contribution in [0.25, 0.3) is 44.5 Å². The third-order valence-electron chi connectivity index (χ3n) is 8.69. The van der Waals surface area contributed by atoms with Crippen molar-refractivity contribution >= 4 is 33.5 Å². The van der Waals surface area contributed by atoms with E-state index in [2.05, 4.69) is 68.5 Å². The molecule has 1 amide bonds. The lowest BCUT2D eigenvalue weighted by Crippen LogP contribution is -2.46. The number of hydrogen-bond donors (Lipinski definition) is 1. The maximum Gasteiger partial charge on any atom is 0.231 e. The number of piperidine rings is 1. The quantitative estimate of drug-likeness (QED) is 0.269. The summed E-state index contributed by atoms with van der Waals surface area (Å²) in [6, 6.07) is 31.6. The van der Waals surface area contributed by atoms with Crippen LogP contribution in [-0.2, 0) is 17.8 Å².